The molecular weight excluding hydrogens is 250 g/mol. The van der Waals surface area contributed by atoms with Gasteiger partial charge in [0.1, 0.15) is 0 Å². The van der Waals surface area contributed by atoms with E-state index in [0.717, 1.165) is 6.54 Å². The number of methoxy groups -OCH3 is 1. The van der Waals surface area contributed by atoms with Gasteiger partial charge in [0.2, 0.25) is 0 Å². The first-order chi connectivity index (χ1) is 9.92. The molecule has 106 valence electrons. The first kappa shape index (κ1) is 14.7. The van der Waals surface area contributed by atoms with Gasteiger partial charge in [-0.05, 0) is 11.1 Å². The minimum atomic E-state index is 0.278. The van der Waals surface area contributed by atoms with Gasteiger partial charge < -0.3 is 4.74 Å². The van der Waals surface area contributed by atoms with E-state index in [4.69, 9.17) is 9.57 Å². The van der Waals surface area contributed by atoms with Gasteiger partial charge in [-0.15, -0.1) is 0 Å². The lowest BCUT2D eigenvalue weighted by molar-refractivity contribution is 0.00586. The fourth-order valence-corrected chi connectivity index (χ4v) is 2.14. The molecule has 2 aromatic carbocycles. The second-order valence-electron chi connectivity index (χ2n) is 4.56. The number of hydroxylamine groups is 1. The van der Waals surface area contributed by atoms with Crippen LogP contribution >= 0.6 is 0 Å². The predicted molar refractivity (Wildman–Crippen MR) is 80.6 cm³/mol. The molecular formula is C17H21NO2. The van der Waals surface area contributed by atoms with Crippen molar-refractivity contribution in [1.29, 1.82) is 0 Å². The van der Waals surface area contributed by atoms with Gasteiger partial charge >= 0.3 is 0 Å². The van der Waals surface area contributed by atoms with E-state index in [1.165, 1.54) is 11.1 Å². The quantitative estimate of drug-likeness (QED) is 0.591. The van der Waals surface area contributed by atoms with Crippen molar-refractivity contribution in [3.05, 3.63) is 71.8 Å². The molecule has 20 heavy (non-hydrogen) atoms. The molecule has 0 unspecified atom stereocenters. The molecule has 2 rings (SSSR count). The zero-order valence-electron chi connectivity index (χ0n) is 11.8. The van der Waals surface area contributed by atoms with Crippen LogP contribution in [0.15, 0.2) is 60.7 Å². The van der Waals surface area contributed by atoms with E-state index < -0.39 is 0 Å². The number of nitrogens with one attached hydrogen (secondary N) is 1. The molecule has 0 saturated heterocycles. The minimum absolute atomic E-state index is 0.278. The molecule has 0 aliphatic carbocycles. The van der Waals surface area contributed by atoms with Crippen LogP contribution < -0.4 is 5.48 Å². The van der Waals surface area contributed by atoms with Gasteiger partial charge in [0, 0.05) is 19.6 Å². The summed E-state index contributed by atoms with van der Waals surface area (Å²) < 4.78 is 4.95. The van der Waals surface area contributed by atoms with E-state index in [1.807, 2.05) is 12.1 Å². The predicted octanol–water partition coefficient (Wildman–Crippen LogP) is 2.99. The van der Waals surface area contributed by atoms with Crippen LogP contribution in [0.5, 0.6) is 0 Å². The molecule has 0 radical (unpaired) electrons. The third kappa shape index (κ3) is 4.46. The van der Waals surface area contributed by atoms with Crippen LogP contribution in [0, 0.1) is 0 Å². The highest BCUT2D eigenvalue weighted by molar-refractivity contribution is 5.32. The van der Waals surface area contributed by atoms with Gasteiger partial charge in [-0.2, -0.15) is 0 Å². The van der Waals surface area contributed by atoms with Crippen LogP contribution in [-0.2, 0) is 9.57 Å². The highest BCUT2D eigenvalue weighted by Gasteiger charge is 2.13. The molecule has 0 bridgehead atoms. The SMILES string of the molecule is COCCONCC(c1ccccc1)c1ccccc1. The van der Waals surface area contributed by atoms with Crippen molar-refractivity contribution in [2.45, 2.75) is 5.92 Å². The van der Waals surface area contributed by atoms with Crippen molar-refractivity contribution in [2.75, 3.05) is 26.9 Å². The summed E-state index contributed by atoms with van der Waals surface area (Å²) in [6.07, 6.45) is 0. The summed E-state index contributed by atoms with van der Waals surface area (Å²) in [4.78, 5) is 5.37. The topological polar surface area (TPSA) is 30.5 Å². The Morgan fingerprint density at radius 1 is 0.850 bits per heavy atom. The van der Waals surface area contributed by atoms with Crippen molar-refractivity contribution in [1.82, 2.24) is 5.48 Å². The third-order valence-corrected chi connectivity index (χ3v) is 3.18. The summed E-state index contributed by atoms with van der Waals surface area (Å²) >= 11 is 0. The number of hydrogen-bond acceptors (Lipinski definition) is 3. The Kier molecular flexibility index (Phi) is 6.24. The first-order valence-corrected chi connectivity index (χ1v) is 6.85. The van der Waals surface area contributed by atoms with Crippen LogP contribution in [0.4, 0.5) is 0 Å². The maximum atomic E-state index is 5.37. The smallest absolute Gasteiger partial charge is 0.0915 e. The van der Waals surface area contributed by atoms with Gasteiger partial charge in [-0.25, -0.2) is 5.48 Å². The largest absolute Gasteiger partial charge is 0.382 e. The van der Waals surface area contributed by atoms with Gasteiger partial charge in [0.15, 0.2) is 0 Å². The van der Waals surface area contributed by atoms with Crippen LogP contribution in [0.1, 0.15) is 17.0 Å². The van der Waals surface area contributed by atoms with Crippen molar-refractivity contribution in [3.63, 3.8) is 0 Å². The lowest BCUT2D eigenvalue weighted by atomic mass is 9.91. The average molecular weight is 271 g/mol. The maximum Gasteiger partial charge on any atom is 0.0915 e. The molecule has 0 amide bonds. The van der Waals surface area contributed by atoms with Gasteiger partial charge in [0.05, 0.1) is 13.2 Å². The lowest BCUT2D eigenvalue weighted by Crippen LogP contribution is -2.24. The molecule has 0 saturated carbocycles. The monoisotopic (exact) mass is 271 g/mol. The van der Waals surface area contributed by atoms with E-state index in [1.54, 1.807) is 7.11 Å². The Hall–Kier alpha value is -1.68. The van der Waals surface area contributed by atoms with Crippen LogP contribution in [0.25, 0.3) is 0 Å². The number of hydrogen-bond donors (Lipinski definition) is 1. The summed E-state index contributed by atoms with van der Waals surface area (Å²) in [7, 11) is 1.67. The molecule has 2 aromatic rings. The molecule has 0 aliphatic rings. The fraction of sp³-hybridized carbons (Fsp3) is 0.294. The second kappa shape index (κ2) is 8.48. The van der Waals surface area contributed by atoms with E-state index in [2.05, 4.69) is 54.0 Å². The van der Waals surface area contributed by atoms with Crippen LogP contribution in [0.2, 0.25) is 0 Å². The Labute approximate surface area is 120 Å². The lowest BCUT2D eigenvalue weighted by Gasteiger charge is -2.18. The van der Waals surface area contributed by atoms with E-state index in [9.17, 15) is 0 Å². The highest BCUT2D eigenvalue weighted by atomic mass is 16.7. The molecule has 0 heterocycles. The summed E-state index contributed by atoms with van der Waals surface area (Å²) in [5.74, 6) is 0.278. The Morgan fingerprint density at radius 3 is 1.90 bits per heavy atom. The fourth-order valence-electron chi connectivity index (χ4n) is 2.14. The minimum Gasteiger partial charge on any atom is -0.382 e. The summed E-state index contributed by atoms with van der Waals surface area (Å²) in [5.41, 5.74) is 5.60. The molecule has 3 heteroatoms. The summed E-state index contributed by atoms with van der Waals surface area (Å²) in [5, 5.41) is 0. The van der Waals surface area contributed by atoms with Crippen molar-refractivity contribution in [3.8, 4) is 0 Å². The van der Waals surface area contributed by atoms with Gasteiger partial charge in [0.25, 0.3) is 0 Å². The zero-order valence-corrected chi connectivity index (χ0v) is 11.8. The molecule has 1 N–H and O–H groups in total. The summed E-state index contributed by atoms with van der Waals surface area (Å²) in [6.45, 7) is 1.87. The molecule has 0 fully saturated rings. The van der Waals surface area contributed by atoms with Gasteiger partial charge in [-0.1, -0.05) is 60.7 Å². The second-order valence-corrected chi connectivity index (χ2v) is 4.56. The first-order valence-electron chi connectivity index (χ1n) is 6.85. The Morgan fingerprint density at radius 2 is 1.40 bits per heavy atom. The molecule has 0 spiro atoms. The molecule has 3 nitrogen and oxygen atoms in total. The zero-order chi connectivity index (χ0) is 14.0. The van der Waals surface area contributed by atoms with Crippen molar-refractivity contribution in [2.24, 2.45) is 0 Å². The normalized spacial score (nSPS) is 10.9. The number of benzene rings is 2. The summed E-state index contributed by atoms with van der Waals surface area (Å²) in [6, 6.07) is 20.9. The van der Waals surface area contributed by atoms with E-state index >= 15 is 0 Å². The van der Waals surface area contributed by atoms with E-state index in [0.29, 0.717) is 13.2 Å². The number of rotatable bonds is 8. The van der Waals surface area contributed by atoms with E-state index in [-0.39, 0.29) is 5.92 Å². The standard InChI is InChI=1S/C17H21NO2/c1-19-12-13-20-18-14-17(15-8-4-2-5-9-15)16-10-6-3-7-11-16/h2-11,17-18H,12-14H2,1H3. The van der Waals surface area contributed by atoms with Crippen molar-refractivity contribution >= 4 is 0 Å². The van der Waals surface area contributed by atoms with Crippen LogP contribution in [0.3, 0.4) is 0 Å². The molecule has 0 atom stereocenters. The average Bonchev–Trinajstić information content (AvgIpc) is 2.53. The molecule has 0 aliphatic heterocycles. The Bertz CT molecular complexity index is 433. The molecule has 0 aromatic heterocycles. The van der Waals surface area contributed by atoms with Crippen molar-refractivity contribution < 1.29 is 9.57 Å². The third-order valence-electron chi connectivity index (χ3n) is 3.18. The number of ether oxygens (including phenoxy) is 1. The van der Waals surface area contributed by atoms with Crippen LogP contribution in [-0.4, -0.2) is 26.9 Å². The maximum absolute atomic E-state index is 5.37. The highest BCUT2D eigenvalue weighted by Crippen LogP contribution is 2.23. The van der Waals surface area contributed by atoms with Gasteiger partial charge in [-0.3, -0.25) is 4.84 Å². The Balaban J connectivity index is 2.02.